The first kappa shape index (κ1) is 19.2. The van der Waals surface area contributed by atoms with Gasteiger partial charge >= 0.3 is 0 Å². The monoisotopic (exact) mass is 420 g/mol. The molecule has 0 radical (unpaired) electrons. The zero-order chi connectivity index (χ0) is 20.5. The second-order valence-electron chi connectivity index (χ2n) is 6.09. The summed E-state index contributed by atoms with van der Waals surface area (Å²) in [6.07, 6.45) is 1.48. The van der Waals surface area contributed by atoms with E-state index in [0.717, 1.165) is 5.56 Å². The van der Waals surface area contributed by atoms with Crippen molar-refractivity contribution in [2.45, 2.75) is 23.5 Å². The van der Waals surface area contributed by atoms with Crippen molar-refractivity contribution in [3.05, 3.63) is 77.5 Å². The molecule has 0 N–H and O–H groups in total. The van der Waals surface area contributed by atoms with Crippen LogP contribution in [-0.2, 0) is 6.54 Å². The van der Waals surface area contributed by atoms with Crippen LogP contribution in [0.5, 0.6) is 0 Å². The van der Waals surface area contributed by atoms with E-state index in [1.165, 1.54) is 6.26 Å². The van der Waals surface area contributed by atoms with E-state index < -0.39 is 28.4 Å². The van der Waals surface area contributed by atoms with Gasteiger partial charge < -0.3 is 4.42 Å². The minimum atomic E-state index is -1.73. The van der Waals surface area contributed by atoms with Crippen LogP contribution < -0.4 is 0 Å². The van der Waals surface area contributed by atoms with E-state index in [-0.39, 0.29) is 11.7 Å². The van der Waals surface area contributed by atoms with Crippen LogP contribution in [0.25, 0.3) is 11.4 Å². The van der Waals surface area contributed by atoms with Crippen molar-refractivity contribution in [2.24, 2.45) is 0 Å². The summed E-state index contributed by atoms with van der Waals surface area (Å²) in [6, 6.07) is 10.8. The Kier molecular flexibility index (Phi) is 5.10. The first-order valence-electron chi connectivity index (χ1n) is 8.34. The van der Waals surface area contributed by atoms with Crippen molar-refractivity contribution >= 4 is 11.8 Å². The highest BCUT2D eigenvalue weighted by atomic mass is 32.2. The Balaban J connectivity index is 1.82. The maximum atomic E-state index is 14.1. The summed E-state index contributed by atoms with van der Waals surface area (Å²) in [4.78, 5) is 1.68. The fraction of sp³-hybridized carbons (Fsp3) is 0.105. The summed E-state index contributed by atoms with van der Waals surface area (Å²) in [5.41, 5.74) is 1.68. The minimum absolute atomic E-state index is 0.0284. The zero-order valence-electron chi connectivity index (χ0n) is 14.9. The molecule has 0 aliphatic rings. The van der Waals surface area contributed by atoms with Crippen LogP contribution in [0.3, 0.4) is 0 Å². The molecule has 3 aromatic heterocycles. The van der Waals surface area contributed by atoms with Gasteiger partial charge in [-0.15, -0.1) is 10.2 Å². The fourth-order valence-corrected chi connectivity index (χ4v) is 3.58. The molecule has 148 valence electrons. The lowest BCUT2D eigenvalue weighted by Crippen LogP contribution is -2.06. The normalized spacial score (nSPS) is 11.2. The number of halogens is 4. The molecule has 5 nitrogen and oxygen atoms in total. The van der Waals surface area contributed by atoms with Crippen molar-refractivity contribution in [2.75, 3.05) is 0 Å². The average molecular weight is 420 g/mol. The summed E-state index contributed by atoms with van der Waals surface area (Å²) in [5, 5.41) is 8.11. The summed E-state index contributed by atoms with van der Waals surface area (Å²) >= 11 is 0.415. The molecule has 10 heteroatoms. The Morgan fingerprint density at radius 3 is 2.41 bits per heavy atom. The summed E-state index contributed by atoms with van der Waals surface area (Å²) in [6.45, 7) is 2.05. The molecule has 0 amide bonds. The summed E-state index contributed by atoms with van der Waals surface area (Å²) < 4.78 is 62.0. The van der Waals surface area contributed by atoms with E-state index in [4.69, 9.17) is 4.42 Å². The SMILES string of the molecule is Cc1cccc(-c2nnc(Sc3c(F)c(F)nc(F)c3F)n2Cc2ccco2)c1. The van der Waals surface area contributed by atoms with Gasteiger partial charge in [0.05, 0.1) is 17.7 Å². The first-order chi connectivity index (χ1) is 13.9. The molecule has 3 heterocycles. The summed E-state index contributed by atoms with van der Waals surface area (Å²) in [5.74, 6) is -5.72. The number of nitrogens with zero attached hydrogens (tertiary/aromatic N) is 4. The van der Waals surface area contributed by atoms with E-state index in [1.807, 2.05) is 25.1 Å². The first-order valence-corrected chi connectivity index (χ1v) is 9.16. The van der Waals surface area contributed by atoms with Gasteiger partial charge in [0.15, 0.2) is 22.6 Å². The third kappa shape index (κ3) is 3.75. The number of rotatable bonds is 5. The molecule has 4 aromatic rings. The van der Waals surface area contributed by atoms with Gasteiger partial charge in [-0.2, -0.15) is 13.8 Å². The second kappa shape index (κ2) is 7.70. The maximum Gasteiger partial charge on any atom is 0.252 e. The molecule has 0 atom stereocenters. The predicted molar refractivity (Wildman–Crippen MR) is 96.2 cm³/mol. The van der Waals surface area contributed by atoms with E-state index in [2.05, 4.69) is 15.2 Å². The second-order valence-corrected chi connectivity index (χ2v) is 7.07. The van der Waals surface area contributed by atoms with E-state index in [1.54, 1.807) is 22.8 Å². The third-order valence-electron chi connectivity index (χ3n) is 4.04. The van der Waals surface area contributed by atoms with Crippen LogP contribution in [-0.4, -0.2) is 19.7 Å². The molecule has 0 saturated carbocycles. The van der Waals surface area contributed by atoms with Crippen LogP contribution >= 0.6 is 11.8 Å². The van der Waals surface area contributed by atoms with Crippen LogP contribution in [0.4, 0.5) is 17.6 Å². The molecule has 0 fully saturated rings. The number of aryl methyl sites for hydroxylation is 1. The van der Waals surface area contributed by atoms with Crippen molar-refractivity contribution in [1.29, 1.82) is 0 Å². The molecule has 29 heavy (non-hydrogen) atoms. The minimum Gasteiger partial charge on any atom is -0.467 e. The Morgan fingerprint density at radius 1 is 1.00 bits per heavy atom. The van der Waals surface area contributed by atoms with Crippen LogP contribution in [0, 0.1) is 30.5 Å². The number of hydrogen-bond acceptors (Lipinski definition) is 5. The predicted octanol–water partition coefficient (Wildman–Crippen LogP) is 5.00. The Labute approximate surface area is 166 Å². The van der Waals surface area contributed by atoms with Crippen LogP contribution in [0.1, 0.15) is 11.3 Å². The molecular weight excluding hydrogens is 408 g/mol. The quantitative estimate of drug-likeness (QED) is 0.336. The van der Waals surface area contributed by atoms with Gasteiger partial charge in [0, 0.05) is 5.56 Å². The van der Waals surface area contributed by atoms with Crippen molar-refractivity contribution in [3.63, 3.8) is 0 Å². The van der Waals surface area contributed by atoms with Gasteiger partial charge in [0.25, 0.3) is 11.9 Å². The fourth-order valence-electron chi connectivity index (χ4n) is 2.71. The average Bonchev–Trinajstić information content (AvgIpc) is 3.34. The Morgan fingerprint density at radius 2 is 1.76 bits per heavy atom. The van der Waals surface area contributed by atoms with Crippen molar-refractivity contribution in [3.8, 4) is 11.4 Å². The zero-order valence-corrected chi connectivity index (χ0v) is 15.7. The smallest absolute Gasteiger partial charge is 0.252 e. The molecule has 0 bridgehead atoms. The van der Waals surface area contributed by atoms with E-state index >= 15 is 0 Å². The maximum absolute atomic E-state index is 14.1. The highest BCUT2D eigenvalue weighted by Crippen LogP contribution is 2.34. The van der Waals surface area contributed by atoms with Gasteiger partial charge in [-0.1, -0.05) is 23.8 Å². The molecule has 0 spiro atoms. The molecule has 0 saturated heterocycles. The van der Waals surface area contributed by atoms with Gasteiger partial charge in [-0.05, 0) is 36.9 Å². The molecular formula is C19H12F4N4OS. The number of benzene rings is 1. The van der Waals surface area contributed by atoms with Gasteiger partial charge in [0.1, 0.15) is 5.76 Å². The molecule has 0 aliphatic carbocycles. The van der Waals surface area contributed by atoms with E-state index in [0.29, 0.717) is 28.9 Å². The molecule has 4 rings (SSSR count). The molecule has 0 unspecified atom stereocenters. The standard InChI is InChI=1S/C19H12F4N4OS/c1-10-4-2-5-11(8-10)18-25-26-19(27(18)9-12-6-3-7-28-12)29-15-13(20)16(22)24-17(23)14(15)21/h2-8H,9H2,1H3. The summed E-state index contributed by atoms with van der Waals surface area (Å²) in [7, 11) is 0. The third-order valence-corrected chi connectivity index (χ3v) is 5.08. The molecule has 0 aliphatic heterocycles. The largest absolute Gasteiger partial charge is 0.467 e. The number of pyridine rings is 1. The molecule has 1 aromatic carbocycles. The van der Waals surface area contributed by atoms with Crippen molar-refractivity contribution in [1.82, 2.24) is 19.7 Å². The highest BCUT2D eigenvalue weighted by Gasteiger charge is 2.25. The van der Waals surface area contributed by atoms with Gasteiger partial charge in [0.2, 0.25) is 0 Å². The van der Waals surface area contributed by atoms with Crippen molar-refractivity contribution < 1.29 is 22.0 Å². The lowest BCUT2D eigenvalue weighted by atomic mass is 10.1. The lowest BCUT2D eigenvalue weighted by Gasteiger charge is -2.10. The Hall–Kier alpha value is -3.14. The van der Waals surface area contributed by atoms with E-state index in [9.17, 15) is 17.6 Å². The number of hydrogen-bond donors (Lipinski definition) is 0. The lowest BCUT2D eigenvalue weighted by molar-refractivity contribution is 0.383. The van der Waals surface area contributed by atoms with Gasteiger partial charge in [-0.3, -0.25) is 4.57 Å². The highest BCUT2D eigenvalue weighted by molar-refractivity contribution is 7.99. The number of aromatic nitrogens is 4. The van der Waals surface area contributed by atoms with Crippen LogP contribution in [0.15, 0.2) is 57.1 Å². The van der Waals surface area contributed by atoms with Crippen LogP contribution in [0.2, 0.25) is 0 Å². The van der Waals surface area contributed by atoms with Gasteiger partial charge in [-0.25, -0.2) is 8.78 Å². The topological polar surface area (TPSA) is 56.7 Å². The Bertz CT molecular complexity index is 1150. The number of furan rings is 1.